The van der Waals surface area contributed by atoms with Crippen LogP contribution in [0.25, 0.3) is 5.65 Å². The number of halogens is 1. The van der Waals surface area contributed by atoms with Crippen LogP contribution in [0.4, 0.5) is 5.69 Å². The molecule has 1 aliphatic heterocycles. The Labute approximate surface area is 179 Å². The summed E-state index contributed by atoms with van der Waals surface area (Å²) in [5, 5.41) is 8.94. The Morgan fingerprint density at radius 2 is 1.90 bits per heavy atom. The van der Waals surface area contributed by atoms with Crippen LogP contribution in [0.15, 0.2) is 35.3 Å². The fourth-order valence-electron chi connectivity index (χ4n) is 3.61. The van der Waals surface area contributed by atoms with Gasteiger partial charge in [-0.3, -0.25) is 14.7 Å². The number of aromatic nitrogens is 3. The van der Waals surface area contributed by atoms with Gasteiger partial charge in [-0.05, 0) is 38.1 Å². The van der Waals surface area contributed by atoms with Gasteiger partial charge < -0.3 is 20.1 Å². The maximum Gasteiger partial charge on any atom is 0.272 e. The molecular formula is C20H24ClN5O4. The van der Waals surface area contributed by atoms with Crippen LogP contribution in [0.3, 0.4) is 0 Å². The Balaban J connectivity index is 0.00000256. The number of H-pyrrole nitrogens is 1. The molecule has 0 saturated carbocycles. The number of carbonyl (C=O) groups is 1. The van der Waals surface area contributed by atoms with Crippen molar-refractivity contribution in [1.29, 1.82) is 0 Å². The van der Waals surface area contributed by atoms with Crippen LogP contribution in [-0.4, -0.2) is 47.8 Å². The molecule has 1 amide bonds. The van der Waals surface area contributed by atoms with Crippen LogP contribution < -0.4 is 25.7 Å². The first-order chi connectivity index (χ1) is 14.1. The first-order valence-electron chi connectivity index (χ1n) is 9.46. The van der Waals surface area contributed by atoms with Crippen molar-refractivity contribution in [2.75, 3.05) is 32.6 Å². The number of hydrogen-bond acceptors (Lipinski definition) is 6. The minimum absolute atomic E-state index is 0. The van der Waals surface area contributed by atoms with Crippen LogP contribution in [0.2, 0.25) is 0 Å². The molecule has 1 saturated heterocycles. The van der Waals surface area contributed by atoms with Crippen molar-refractivity contribution in [3.05, 3.63) is 52.1 Å². The quantitative estimate of drug-likeness (QED) is 0.569. The number of fused-ring (bicyclic) bond motifs is 1. The number of nitrogens with one attached hydrogen (secondary N) is 3. The molecule has 0 radical (unpaired) electrons. The molecular weight excluding hydrogens is 410 g/mol. The number of rotatable bonds is 5. The van der Waals surface area contributed by atoms with E-state index in [1.807, 2.05) is 0 Å². The van der Waals surface area contributed by atoms with Gasteiger partial charge in [0, 0.05) is 29.9 Å². The Morgan fingerprint density at radius 3 is 2.60 bits per heavy atom. The Kier molecular flexibility index (Phi) is 6.63. The topological polar surface area (TPSA) is 110 Å². The largest absolute Gasteiger partial charge is 0.493 e. The van der Waals surface area contributed by atoms with Gasteiger partial charge >= 0.3 is 0 Å². The second kappa shape index (κ2) is 9.19. The summed E-state index contributed by atoms with van der Waals surface area (Å²) >= 11 is 0. The fourth-order valence-corrected chi connectivity index (χ4v) is 3.61. The van der Waals surface area contributed by atoms with Gasteiger partial charge in [-0.2, -0.15) is 0 Å². The van der Waals surface area contributed by atoms with E-state index in [-0.39, 0.29) is 29.8 Å². The highest BCUT2D eigenvalue weighted by Gasteiger charge is 2.21. The average molecular weight is 434 g/mol. The van der Waals surface area contributed by atoms with Gasteiger partial charge in [0.1, 0.15) is 5.56 Å². The maximum absolute atomic E-state index is 12.9. The van der Waals surface area contributed by atoms with Crippen molar-refractivity contribution in [3.8, 4) is 11.5 Å². The summed E-state index contributed by atoms with van der Waals surface area (Å²) in [6.07, 6.45) is 3.33. The fraction of sp³-hybridized carbons (Fsp3) is 0.350. The number of nitrogens with zero attached hydrogens (tertiary/aromatic N) is 2. The number of piperidine rings is 1. The van der Waals surface area contributed by atoms with Gasteiger partial charge in [0.05, 0.1) is 19.9 Å². The molecule has 0 atom stereocenters. The number of hydrogen-bond donors (Lipinski definition) is 3. The van der Waals surface area contributed by atoms with Crippen molar-refractivity contribution < 1.29 is 14.3 Å². The molecule has 3 N–H and O–H groups in total. The van der Waals surface area contributed by atoms with E-state index >= 15 is 0 Å². The minimum Gasteiger partial charge on any atom is -0.493 e. The van der Waals surface area contributed by atoms with Gasteiger partial charge in [0.25, 0.3) is 11.5 Å². The van der Waals surface area contributed by atoms with Crippen LogP contribution in [0.1, 0.15) is 34.8 Å². The normalized spacial score (nSPS) is 14.2. The lowest BCUT2D eigenvalue weighted by Gasteiger charge is -2.21. The predicted octanol–water partition coefficient (Wildman–Crippen LogP) is 2.18. The SMILES string of the molecule is COc1ccc(NC(=O)c2c[nH]n3c(=O)cc(C4CCNCC4)nc23)cc1OC.Cl. The van der Waals surface area contributed by atoms with Crippen molar-refractivity contribution in [2.45, 2.75) is 18.8 Å². The molecule has 1 fully saturated rings. The van der Waals surface area contributed by atoms with Gasteiger partial charge in [0.2, 0.25) is 0 Å². The lowest BCUT2D eigenvalue weighted by molar-refractivity contribution is 0.102. The van der Waals surface area contributed by atoms with E-state index in [1.165, 1.54) is 17.8 Å². The number of carbonyl (C=O) groups excluding carboxylic acids is 1. The zero-order chi connectivity index (χ0) is 20.4. The van der Waals surface area contributed by atoms with Crippen molar-refractivity contribution >= 4 is 29.6 Å². The van der Waals surface area contributed by atoms with Gasteiger partial charge in [-0.25, -0.2) is 9.50 Å². The zero-order valence-corrected chi connectivity index (χ0v) is 17.5. The van der Waals surface area contributed by atoms with Gasteiger partial charge in [-0.15, -0.1) is 12.4 Å². The summed E-state index contributed by atoms with van der Waals surface area (Å²) < 4.78 is 11.8. The number of amides is 1. The monoisotopic (exact) mass is 433 g/mol. The molecule has 160 valence electrons. The van der Waals surface area contributed by atoms with E-state index in [0.29, 0.717) is 28.4 Å². The standard InChI is InChI=1S/C20H23N5O4.ClH/c1-28-16-4-3-13(9-17(16)29-2)23-20(27)14-11-22-25-18(26)10-15(24-19(14)25)12-5-7-21-8-6-12;/h3-4,9-12,21-22H,5-8H2,1-2H3,(H,23,27);1H. The highest BCUT2D eigenvalue weighted by Crippen LogP contribution is 2.30. The minimum atomic E-state index is -0.370. The van der Waals surface area contributed by atoms with Gasteiger partial charge in [0.15, 0.2) is 17.1 Å². The second-order valence-corrected chi connectivity index (χ2v) is 6.91. The van der Waals surface area contributed by atoms with Crippen LogP contribution in [0.5, 0.6) is 11.5 Å². The van der Waals surface area contributed by atoms with Crippen molar-refractivity contribution in [2.24, 2.45) is 0 Å². The summed E-state index contributed by atoms with van der Waals surface area (Å²) in [5.41, 5.74) is 1.67. The molecule has 0 spiro atoms. The summed E-state index contributed by atoms with van der Waals surface area (Å²) in [7, 11) is 3.08. The van der Waals surface area contributed by atoms with E-state index < -0.39 is 0 Å². The molecule has 0 unspecified atom stereocenters. The Morgan fingerprint density at radius 1 is 1.17 bits per heavy atom. The molecule has 4 rings (SSSR count). The smallest absolute Gasteiger partial charge is 0.272 e. The third-order valence-corrected chi connectivity index (χ3v) is 5.16. The molecule has 1 aliphatic rings. The molecule has 3 heterocycles. The first-order valence-corrected chi connectivity index (χ1v) is 9.46. The van der Waals surface area contributed by atoms with Crippen molar-refractivity contribution in [3.63, 3.8) is 0 Å². The second-order valence-electron chi connectivity index (χ2n) is 6.91. The first kappa shape index (κ1) is 21.7. The lowest BCUT2D eigenvalue weighted by atomic mass is 9.94. The summed E-state index contributed by atoms with van der Waals surface area (Å²) in [6.45, 7) is 1.79. The lowest BCUT2D eigenvalue weighted by Crippen LogP contribution is -2.28. The third kappa shape index (κ3) is 4.12. The molecule has 0 bridgehead atoms. The summed E-state index contributed by atoms with van der Waals surface area (Å²) in [4.78, 5) is 30.0. The third-order valence-electron chi connectivity index (χ3n) is 5.16. The highest BCUT2D eigenvalue weighted by molar-refractivity contribution is 6.08. The van der Waals surface area contributed by atoms with E-state index in [1.54, 1.807) is 31.4 Å². The molecule has 9 nitrogen and oxygen atoms in total. The molecule has 10 heteroatoms. The highest BCUT2D eigenvalue weighted by atomic mass is 35.5. The number of methoxy groups -OCH3 is 2. The number of anilines is 1. The molecule has 2 aromatic heterocycles. The maximum atomic E-state index is 12.9. The zero-order valence-electron chi connectivity index (χ0n) is 16.7. The summed E-state index contributed by atoms with van der Waals surface area (Å²) in [5.74, 6) is 0.917. The number of ether oxygens (including phenoxy) is 2. The number of benzene rings is 1. The van der Waals surface area contributed by atoms with E-state index in [0.717, 1.165) is 31.6 Å². The van der Waals surface area contributed by atoms with E-state index in [2.05, 4.69) is 20.7 Å². The predicted molar refractivity (Wildman–Crippen MR) is 115 cm³/mol. The Hall–Kier alpha value is -3.04. The van der Waals surface area contributed by atoms with Crippen LogP contribution in [-0.2, 0) is 0 Å². The van der Waals surface area contributed by atoms with Crippen molar-refractivity contribution in [1.82, 2.24) is 19.9 Å². The summed E-state index contributed by atoms with van der Waals surface area (Å²) in [6, 6.07) is 6.65. The van der Waals surface area contributed by atoms with Crippen LogP contribution in [0, 0.1) is 0 Å². The van der Waals surface area contributed by atoms with E-state index in [9.17, 15) is 9.59 Å². The van der Waals surface area contributed by atoms with E-state index in [4.69, 9.17) is 9.47 Å². The Bertz CT molecular complexity index is 1100. The van der Waals surface area contributed by atoms with Gasteiger partial charge in [-0.1, -0.05) is 0 Å². The molecule has 30 heavy (non-hydrogen) atoms. The molecule has 3 aromatic rings. The molecule has 1 aromatic carbocycles. The van der Waals surface area contributed by atoms with Crippen LogP contribution >= 0.6 is 12.4 Å². The average Bonchev–Trinajstić information content (AvgIpc) is 3.19. The number of aromatic amines is 1. The molecule has 0 aliphatic carbocycles.